The predicted octanol–water partition coefficient (Wildman–Crippen LogP) is 3.81. The van der Waals surface area contributed by atoms with E-state index in [0.29, 0.717) is 17.9 Å². The van der Waals surface area contributed by atoms with Crippen molar-refractivity contribution in [2.45, 2.75) is 24.4 Å². The fourth-order valence-corrected chi connectivity index (χ4v) is 5.19. The fourth-order valence-electron chi connectivity index (χ4n) is 3.71. The summed E-state index contributed by atoms with van der Waals surface area (Å²) in [7, 11) is -2.07. The summed E-state index contributed by atoms with van der Waals surface area (Å²) in [6.07, 6.45) is 0. The first kappa shape index (κ1) is 22.4. The second kappa shape index (κ2) is 9.79. The van der Waals surface area contributed by atoms with Crippen molar-refractivity contribution in [3.8, 4) is 5.75 Å². The normalized spacial score (nSPS) is 19.2. The van der Waals surface area contributed by atoms with Crippen LogP contribution >= 0.6 is 0 Å². The molecule has 0 saturated carbocycles. The van der Waals surface area contributed by atoms with Crippen LogP contribution in [0.4, 0.5) is 4.39 Å². The molecule has 0 amide bonds. The van der Waals surface area contributed by atoms with Crippen molar-refractivity contribution in [3.05, 3.63) is 101 Å². The minimum absolute atomic E-state index is 0.0139. The molecule has 3 aromatic carbocycles. The van der Waals surface area contributed by atoms with E-state index in [-0.39, 0.29) is 13.2 Å². The van der Waals surface area contributed by atoms with Crippen molar-refractivity contribution in [3.63, 3.8) is 0 Å². The molecular weight excluding hydrogens is 431 g/mol. The van der Waals surface area contributed by atoms with E-state index < -0.39 is 27.1 Å². The smallest absolute Gasteiger partial charge is 0.219 e. The summed E-state index contributed by atoms with van der Waals surface area (Å²) in [6.45, 7) is 0.345. The van der Waals surface area contributed by atoms with Crippen molar-refractivity contribution in [1.29, 1.82) is 0 Å². The van der Waals surface area contributed by atoms with Gasteiger partial charge in [-0.05, 0) is 29.3 Å². The molecule has 168 valence electrons. The maximum atomic E-state index is 13.9. The van der Waals surface area contributed by atoms with Gasteiger partial charge in [0.25, 0.3) is 0 Å². The summed E-state index contributed by atoms with van der Waals surface area (Å²) in [5, 5.41) is 0.711. The standard InChI is InChI=1S/C24H25FN2O4S/c1-27-24(19-11-13-21(14-12-19)30-16-18-7-3-2-4-8-18)23(17-31-27)32(28,29)26-15-20-9-5-6-10-22(20)25/h2-14,23-24,26H,15-17H2,1H3/t23-,24+/m0/s1. The Labute approximate surface area is 187 Å². The summed E-state index contributed by atoms with van der Waals surface area (Å²) in [5.74, 6) is 0.244. The van der Waals surface area contributed by atoms with Crippen LogP contribution in [0, 0.1) is 5.82 Å². The number of sulfonamides is 1. The first-order valence-electron chi connectivity index (χ1n) is 10.3. The van der Waals surface area contributed by atoms with Gasteiger partial charge in [-0.25, -0.2) is 17.5 Å². The Morgan fingerprint density at radius 1 is 1.03 bits per heavy atom. The molecule has 0 aromatic heterocycles. The SMILES string of the molecule is CN1OC[C@H](S(=O)(=O)NCc2ccccc2F)[C@H]1c1ccc(OCc2ccccc2)cc1. The van der Waals surface area contributed by atoms with E-state index in [9.17, 15) is 12.8 Å². The van der Waals surface area contributed by atoms with E-state index in [1.54, 1.807) is 30.3 Å². The molecular formula is C24H25FN2O4S. The third-order valence-electron chi connectivity index (χ3n) is 5.48. The Balaban J connectivity index is 1.45. The number of rotatable bonds is 8. The van der Waals surface area contributed by atoms with Crippen LogP contribution in [0.5, 0.6) is 5.75 Å². The monoisotopic (exact) mass is 456 g/mol. The molecule has 1 saturated heterocycles. The van der Waals surface area contributed by atoms with Crippen LogP contribution in [0.3, 0.4) is 0 Å². The van der Waals surface area contributed by atoms with Gasteiger partial charge in [-0.3, -0.25) is 4.84 Å². The minimum Gasteiger partial charge on any atom is -0.489 e. The Hall–Kier alpha value is -2.78. The molecule has 1 fully saturated rings. The van der Waals surface area contributed by atoms with Crippen molar-refractivity contribution in [2.24, 2.45) is 0 Å². The first-order chi connectivity index (χ1) is 15.4. The molecule has 2 atom stereocenters. The van der Waals surface area contributed by atoms with Gasteiger partial charge >= 0.3 is 0 Å². The summed E-state index contributed by atoms with van der Waals surface area (Å²) >= 11 is 0. The molecule has 3 aromatic rings. The van der Waals surface area contributed by atoms with Crippen LogP contribution in [-0.4, -0.2) is 32.4 Å². The van der Waals surface area contributed by atoms with Gasteiger partial charge in [0.05, 0.1) is 12.6 Å². The number of hydroxylamine groups is 2. The van der Waals surface area contributed by atoms with Crippen molar-refractivity contribution >= 4 is 10.0 Å². The van der Waals surface area contributed by atoms with Gasteiger partial charge in [0.2, 0.25) is 10.0 Å². The molecule has 1 heterocycles. The molecule has 8 heteroatoms. The minimum atomic E-state index is -3.78. The summed E-state index contributed by atoms with van der Waals surface area (Å²) in [4.78, 5) is 5.54. The lowest BCUT2D eigenvalue weighted by Gasteiger charge is -2.23. The van der Waals surface area contributed by atoms with E-state index in [2.05, 4.69) is 4.72 Å². The highest BCUT2D eigenvalue weighted by Crippen LogP contribution is 2.34. The Kier molecular flexibility index (Phi) is 6.86. The molecule has 1 aliphatic rings. The van der Waals surface area contributed by atoms with E-state index in [1.165, 1.54) is 6.07 Å². The number of ether oxygens (including phenoxy) is 1. The van der Waals surface area contributed by atoms with Gasteiger partial charge in [0, 0.05) is 19.2 Å². The average molecular weight is 457 g/mol. The Morgan fingerprint density at radius 3 is 2.44 bits per heavy atom. The molecule has 0 radical (unpaired) electrons. The molecule has 4 rings (SSSR count). The lowest BCUT2D eigenvalue weighted by atomic mass is 10.0. The number of halogens is 1. The van der Waals surface area contributed by atoms with Crippen molar-refractivity contribution < 1.29 is 22.4 Å². The molecule has 0 spiro atoms. The van der Waals surface area contributed by atoms with Crippen LogP contribution in [0.2, 0.25) is 0 Å². The van der Waals surface area contributed by atoms with Gasteiger partial charge in [-0.1, -0.05) is 60.7 Å². The summed E-state index contributed by atoms with van der Waals surface area (Å²) in [5.41, 5.74) is 2.14. The topological polar surface area (TPSA) is 67.9 Å². The Morgan fingerprint density at radius 2 is 1.72 bits per heavy atom. The van der Waals surface area contributed by atoms with Crippen molar-refractivity contribution in [2.75, 3.05) is 13.7 Å². The average Bonchev–Trinajstić information content (AvgIpc) is 3.20. The Bertz CT molecular complexity index is 1140. The van der Waals surface area contributed by atoms with Gasteiger partial charge in [-0.15, -0.1) is 0 Å². The van der Waals surface area contributed by atoms with Gasteiger partial charge < -0.3 is 4.74 Å². The van der Waals surface area contributed by atoms with Gasteiger partial charge in [0.15, 0.2) is 0 Å². The third kappa shape index (κ3) is 5.16. The van der Waals surface area contributed by atoms with Gasteiger partial charge in [0.1, 0.15) is 23.4 Å². The van der Waals surface area contributed by atoms with Gasteiger partial charge in [-0.2, -0.15) is 5.06 Å². The lowest BCUT2D eigenvalue weighted by molar-refractivity contribution is -0.110. The highest BCUT2D eigenvalue weighted by atomic mass is 32.2. The third-order valence-corrected chi connectivity index (χ3v) is 7.21. The summed E-state index contributed by atoms with van der Waals surface area (Å²) < 4.78 is 48.2. The zero-order valence-corrected chi connectivity index (χ0v) is 18.5. The molecule has 0 unspecified atom stereocenters. The van der Waals surface area contributed by atoms with Crippen LogP contribution in [-0.2, 0) is 28.0 Å². The molecule has 0 bridgehead atoms. The quantitative estimate of drug-likeness (QED) is 0.558. The van der Waals surface area contributed by atoms with Crippen LogP contribution < -0.4 is 9.46 Å². The molecule has 1 aliphatic heterocycles. The second-order valence-corrected chi connectivity index (χ2v) is 9.61. The van der Waals surface area contributed by atoms with E-state index in [1.807, 2.05) is 54.6 Å². The number of nitrogens with one attached hydrogen (secondary N) is 1. The fraction of sp³-hybridized carbons (Fsp3) is 0.250. The van der Waals surface area contributed by atoms with E-state index >= 15 is 0 Å². The van der Waals surface area contributed by atoms with Crippen LogP contribution in [0.15, 0.2) is 78.9 Å². The van der Waals surface area contributed by atoms with Crippen molar-refractivity contribution in [1.82, 2.24) is 9.79 Å². The zero-order valence-electron chi connectivity index (χ0n) is 17.6. The molecule has 6 nitrogen and oxygen atoms in total. The largest absolute Gasteiger partial charge is 0.489 e. The number of hydrogen-bond acceptors (Lipinski definition) is 5. The lowest BCUT2D eigenvalue weighted by Crippen LogP contribution is -2.39. The molecule has 0 aliphatic carbocycles. The predicted molar refractivity (Wildman–Crippen MR) is 120 cm³/mol. The van der Waals surface area contributed by atoms with E-state index in [4.69, 9.17) is 9.57 Å². The summed E-state index contributed by atoms with van der Waals surface area (Å²) in [6, 6.07) is 22.8. The maximum absolute atomic E-state index is 13.9. The second-order valence-electron chi connectivity index (χ2n) is 7.63. The zero-order chi connectivity index (χ0) is 22.6. The number of benzene rings is 3. The van der Waals surface area contributed by atoms with E-state index in [0.717, 1.165) is 11.1 Å². The maximum Gasteiger partial charge on any atom is 0.219 e. The highest BCUT2D eigenvalue weighted by molar-refractivity contribution is 7.90. The number of nitrogens with zero attached hydrogens (tertiary/aromatic N) is 1. The first-order valence-corrected chi connectivity index (χ1v) is 11.8. The van der Waals surface area contributed by atoms with Crippen LogP contribution in [0.1, 0.15) is 22.7 Å². The molecule has 32 heavy (non-hydrogen) atoms. The number of hydrogen-bond donors (Lipinski definition) is 1. The molecule has 1 N–H and O–H groups in total. The van der Waals surface area contributed by atoms with Crippen LogP contribution in [0.25, 0.3) is 0 Å². The highest BCUT2D eigenvalue weighted by Gasteiger charge is 2.43.